The monoisotopic (exact) mass is 165 g/mol. The summed E-state index contributed by atoms with van der Waals surface area (Å²) in [4.78, 5) is 0. The second-order valence-electron chi connectivity index (χ2n) is 3.80. The largest absolute Gasteiger partial charge is 0.0667 e. The predicted octanol–water partition coefficient (Wildman–Crippen LogP) is 4.26. The lowest BCUT2D eigenvalue weighted by molar-refractivity contribution is 0.625. The van der Waals surface area contributed by atoms with Crippen molar-refractivity contribution < 1.29 is 0 Å². The molecule has 0 aliphatic heterocycles. The van der Waals surface area contributed by atoms with Gasteiger partial charge in [-0.25, -0.2) is 0 Å². The van der Waals surface area contributed by atoms with E-state index in [4.69, 9.17) is 0 Å². The lowest BCUT2D eigenvalue weighted by atomic mass is 10.0. The third-order valence-electron chi connectivity index (χ3n) is 2.58. The van der Waals surface area contributed by atoms with E-state index in [-0.39, 0.29) is 0 Å². The van der Waals surface area contributed by atoms with Gasteiger partial charge in [-0.1, -0.05) is 38.2 Å². The molecule has 12 heavy (non-hydrogen) atoms. The Kier molecular flexibility index (Phi) is 5.14. The molecule has 0 bridgehead atoms. The van der Waals surface area contributed by atoms with Crippen LogP contribution in [0.3, 0.4) is 0 Å². The minimum atomic E-state index is 1.22. The van der Waals surface area contributed by atoms with E-state index < -0.39 is 0 Å². The van der Waals surface area contributed by atoms with E-state index in [0.29, 0.717) is 0 Å². The van der Waals surface area contributed by atoms with Crippen LogP contribution in [0.4, 0.5) is 0 Å². The van der Waals surface area contributed by atoms with Gasteiger partial charge in [-0.05, 0) is 38.2 Å². The average Bonchev–Trinajstić information content (AvgIpc) is 2.19. The molecule has 0 amide bonds. The van der Waals surface area contributed by atoms with E-state index in [2.05, 4.69) is 13.0 Å². The molecule has 0 aromatic carbocycles. The molecule has 0 fully saturated rings. The van der Waals surface area contributed by atoms with Gasteiger partial charge in [0.1, 0.15) is 0 Å². The lowest BCUT2D eigenvalue weighted by Crippen LogP contribution is -1.84. The zero-order chi connectivity index (χ0) is 8.65. The SMILES string of the molecule is CCC/C1=[C]/CCCCCCC1. The van der Waals surface area contributed by atoms with Crippen LogP contribution >= 0.6 is 0 Å². The van der Waals surface area contributed by atoms with Gasteiger partial charge in [0.05, 0.1) is 0 Å². The van der Waals surface area contributed by atoms with E-state index in [0.717, 1.165) is 0 Å². The summed E-state index contributed by atoms with van der Waals surface area (Å²) in [5.74, 6) is 0. The fourth-order valence-corrected chi connectivity index (χ4v) is 1.86. The highest BCUT2D eigenvalue weighted by atomic mass is 14.1. The first-order valence-corrected chi connectivity index (χ1v) is 5.52. The van der Waals surface area contributed by atoms with Crippen LogP contribution in [-0.2, 0) is 0 Å². The van der Waals surface area contributed by atoms with E-state index in [1.807, 2.05) is 0 Å². The van der Waals surface area contributed by atoms with Crippen LogP contribution in [0.2, 0.25) is 0 Å². The normalized spacial score (nSPS) is 24.9. The Labute approximate surface area is 77.1 Å². The summed E-state index contributed by atoms with van der Waals surface area (Å²) in [7, 11) is 0. The Balaban J connectivity index is 2.33. The Morgan fingerprint density at radius 3 is 2.67 bits per heavy atom. The summed E-state index contributed by atoms with van der Waals surface area (Å²) in [6.45, 7) is 2.27. The Bertz CT molecular complexity index is 133. The van der Waals surface area contributed by atoms with Gasteiger partial charge in [0, 0.05) is 0 Å². The molecule has 0 saturated carbocycles. The summed E-state index contributed by atoms with van der Waals surface area (Å²) in [5.41, 5.74) is 1.61. The van der Waals surface area contributed by atoms with Crippen molar-refractivity contribution in [3.63, 3.8) is 0 Å². The average molecular weight is 165 g/mol. The van der Waals surface area contributed by atoms with Crippen molar-refractivity contribution >= 4 is 0 Å². The fraction of sp³-hybridized carbons (Fsp3) is 0.833. The predicted molar refractivity (Wildman–Crippen MR) is 54.0 cm³/mol. The quantitative estimate of drug-likeness (QED) is 0.573. The number of rotatable bonds is 2. The third kappa shape index (κ3) is 3.94. The van der Waals surface area contributed by atoms with Crippen LogP contribution < -0.4 is 0 Å². The summed E-state index contributed by atoms with van der Waals surface area (Å²) < 4.78 is 0. The van der Waals surface area contributed by atoms with Crippen molar-refractivity contribution in [1.82, 2.24) is 0 Å². The van der Waals surface area contributed by atoms with Crippen molar-refractivity contribution in [2.24, 2.45) is 0 Å². The molecule has 0 saturated heterocycles. The lowest BCUT2D eigenvalue weighted by Gasteiger charge is -2.03. The standard InChI is InChI=1S/C12H21/c1-2-9-12-10-7-5-3-4-6-8-11-12/h2-10H2,1H3. The van der Waals surface area contributed by atoms with Crippen LogP contribution in [-0.4, -0.2) is 0 Å². The van der Waals surface area contributed by atoms with Gasteiger partial charge in [-0.15, -0.1) is 0 Å². The van der Waals surface area contributed by atoms with Gasteiger partial charge >= 0.3 is 0 Å². The maximum Gasteiger partial charge on any atom is -0.0277 e. The molecular weight excluding hydrogens is 144 g/mol. The Hall–Kier alpha value is -0.260. The van der Waals surface area contributed by atoms with Crippen molar-refractivity contribution in [1.29, 1.82) is 0 Å². The molecule has 0 spiro atoms. The van der Waals surface area contributed by atoms with E-state index >= 15 is 0 Å². The van der Waals surface area contributed by atoms with Gasteiger partial charge in [0.25, 0.3) is 0 Å². The van der Waals surface area contributed by atoms with Crippen LogP contribution in [0.1, 0.15) is 64.7 Å². The van der Waals surface area contributed by atoms with Gasteiger partial charge < -0.3 is 0 Å². The van der Waals surface area contributed by atoms with Crippen molar-refractivity contribution in [3.05, 3.63) is 11.6 Å². The van der Waals surface area contributed by atoms with Crippen LogP contribution in [0.25, 0.3) is 0 Å². The molecule has 1 rings (SSSR count). The molecule has 0 heteroatoms. The second-order valence-corrected chi connectivity index (χ2v) is 3.80. The number of hydrogen-bond acceptors (Lipinski definition) is 0. The first-order chi connectivity index (χ1) is 5.93. The summed E-state index contributed by atoms with van der Waals surface area (Å²) in [6.07, 6.45) is 15.8. The van der Waals surface area contributed by atoms with E-state index in [1.54, 1.807) is 5.57 Å². The van der Waals surface area contributed by atoms with E-state index in [1.165, 1.54) is 57.8 Å². The maximum absolute atomic E-state index is 3.58. The Morgan fingerprint density at radius 1 is 1.08 bits per heavy atom. The smallest absolute Gasteiger partial charge is 0.0277 e. The topological polar surface area (TPSA) is 0 Å². The van der Waals surface area contributed by atoms with E-state index in [9.17, 15) is 0 Å². The molecule has 0 heterocycles. The first kappa shape index (κ1) is 9.83. The molecule has 69 valence electrons. The van der Waals surface area contributed by atoms with Gasteiger partial charge in [0.2, 0.25) is 0 Å². The molecule has 0 aromatic rings. The van der Waals surface area contributed by atoms with Gasteiger partial charge in [0.15, 0.2) is 0 Å². The van der Waals surface area contributed by atoms with Gasteiger partial charge in [-0.2, -0.15) is 0 Å². The first-order valence-electron chi connectivity index (χ1n) is 5.52. The highest BCUT2D eigenvalue weighted by Gasteiger charge is 2.00. The molecule has 1 aliphatic carbocycles. The number of allylic oxidation sites excluding steroid dienone is 2. The summed E-state index contributed by atoms with van der Waals surface area (Å²) >= 11 is 0. The zero-order valence-electron chi connectivity index (χ0n) is 8.36. The number of hydrogen-bond donors (Lipinski definition) is 0. The summed E-state index contributed by atoms with van der Waals surface area (Å²) in [6, 6.07) is 0. The minimum absolute atomic E-state index is 1.22. The molecular formula is C12H21. The highest BCUT2D eigenvalue weighted by Crippen LogP contribution is 2.19. The zero-order valence-corrected chi connectivity index (χ0v) is 8.36. The molecule has 0 atom stereocenters. The highest BCUT2D eigenvalue weighted by molar-refractivity contribution is 4.96. The second kappa shape index (κ2) is 6.28. The van der Waals surface area contributed by atoms with Crippen LogP contribution in [0, 0.1) is 6.08 Å². The third-order valence-corrected chi connectivity index (χ3v) is 2.58. The molecule has 0 nitrogen and oxygen atoms in total. The van der Waals surface area contributed by atoms with Crippen molar-refractivity contribution in [3.8, 4) is 0 Å². The molecule has 0 aromatic heterocycles. The molecule has 1 aliphatic rings. The van der Waals surface area contributed by atoms with Crippen molar-refractivity contribution in [2.45, 2.75) is 64.7 Å². The molecule has 0 N–H and O–H groups in total. The minimum Gasteiger partial charge on any atom is -0.0667 e. The van der Waals surface area contributed by atoms with Gasteiger partial charge in [-0.3, -0.25) is 0 Å². The molecule has 0 unspecified atom stereocenters. The summed E-state index contributed by atoms with van der Waals surface area (Å²) in [5, 5.41) is 0. The maximum atomic E-state index is 3.58. The van der Waals surface area contributed by atoms with Crippen molar-refractivity contribution in [2.75, 3.05) is 0 Å². The fourth-order valence-electron chi connectivity index (χ4n) is 1.86. The Morgan fingerprint density at radius 2 is 1.83 bits per heavy atom. The van der Waals surface area contributed by atoms with Crippen LogP contribution in [0.15, 0.2) is 5.57 Å². The molecule has 1 radical (unpaired) electrons. The van der Waals surface area contributed by atoms with Crippen LogP contribution in [0.5, 0.6) is 0 Å².